The Hall–Kier alpha value is -3.55. The fraction of sp³-hybridized carbons (Fsp3) is 0.276. The number of Topliss-reactive ketones (excluding diaryl/α,β-unsaturated/α-hetero) is 1. The van der Waals surface area contributed by atoms with E-state index in [4.69, 9.17) is 4.74 Å². The van der Waals surface area contributed by atoms with Crippen LogP contribution in [0.15, 0.2) is 72.1 Å². The Bertz CT molecular complexity index is 1280. The summed E-state index contributed by atoms with van der Waals surface area (Å²) in [7, 11) is 1.40. The lowest BCUT2D eigenvalue weighted by Crippen LogP contribution is -2.47. The number of amides is 1. The topological polar surface area (TPSA) is 83.9 Å². The largest absolute Gasteiger partial charge is 0.480 e. The quantitative estimate of drug-likeness (QED) is 0.439. The molecule has 186 valence electrons. The van der Waals surface area contributed by atoms with Crippen LogP contribution < -0.4 is 0 Å². The van der Waals surface area contributed by atoms with Crippen LogP contribution in [0.3, 0.4) is 0 Å². The molecule has 2 heterocycles. The van der Waals surface area contributed by atoms with Crippen LogP contribution in [0.4, 0.5) is 0 Å². The number of benzene rings is 2. The van der Waals surface area contributed by atoms with Crippen LogP contribution in [0, 0.1) is 19.8 Å². The van der Waals surface area contributed by atoms with E-state index in [0.29, 0.717) is 5.56 Å². The first-order valence-corrected chi connectivity index (χ1v) is 12.6. The van der Waals surface area contributed by atoms with Crippen LogP contribution in [-0.2, 0) is 14.3 Å². The summed E-state index contributed by atoms with van der Waals surface area (Å²) < 4.78 is 5.11. The second-order valence-corrected chi connectivity index (χ2v) is 9.92. The highest BCUT2D eigenvalue weighted by Gasteiger charge is 2.57. The molecule has 1 fully saturated rings. The number of ether oxygens (including phenoxy) is 1. The second-order valence-electron chi connectivity index (χ2n) is 8.98. The van der Waals surface area contributed by atoms with E-state index in [2.05, 4.69) is 0 Å². The Morgan fingerprint density at radius 1 is 1.00 bits per heavy atom. The first-order valence-electron chi connectivity index (χ1n) is 11.7. The lowest BCUT2D eigenvalue weighted by atomic mass is 9.79. The molecule has 0 aliphatic carbocycles. The van der Waals surface area contributed by atoms with Gasteiger partial charge in [-0.1, -0.05) is 66.7 Å². The lowest BCUT2D eigenvalue weighted by Gasteiger charge is -2.28. The number of carbonyl (C=O) groups is 3. The number of carboxylic acid groups (broad SMARTS) is 1. The van der Waals surface area contributed by atoms with Crippen molar-refractivity contribution in [1.82, 2.24) is 4.90 Å². The third-order valence-corrected chi connectivity index (χ3v) is 7.85. The number of hydrogen-bond donors (Lipinski definition) is 1. The standard InChI is InChI=1S/C29H29NO5S/c1-18-9-7-8-12-21(18)27(32)24-22(14-13-20-10-5-4-6-11-20)30(23(31)17-35-3)26(29(33)34)25(24)28-19(2)15-16-36-28/h4-16,22,24-26H,17H2,1-3H3,(H,33,34). The molecule has 0 radical (unpaired) electrons. The van der Waals surface area contributed by atoms with Gasteiger partial charge in [-0.25, -0.2) is 4.79 Å². The van der Waals surface area contributed by atoms with E-state index in [1.54, 1.807) is 18.2 Å². The molecular weight excluding hydrogens is 474 g/mol. The number of ketones is 1. The van der Waals surface area contributed by atoms with Gasteiger partial charge in [-0.2, -0.15) is 0 Å². The summed E-state index contributed by atoms with van der Waals surface area (Å²) in [4.78, 5) is 42.5. The number of carbonyl (C=O) groups excluding carboxylic acids is 2. The molecule has 4 atom stereocenters. The highest BCUT2D eigenvalue weighted by molar-refractivity contribution is 7.10. The highest BCUT2D eigenvalue weighted by atomic mass is 32.1. The van der Waals surface area contributed by atoms with Gasteiger partial charge in [0.25, 0.3) is 0 Å². The van der Waals surface area contributed by atoms with Crippen molar-refractivity contribution in [1.29, 1.82) is 0 Å². The smallest absolute Gasteiger partial charge is 0.327 e. The van der Waals surface area contributed by atoms with Crippen molar-refractivity contribution >= 4 is 35.1 Å². The van der Waals surface area contributed by atoms with Gasteiger partial charge in [0.2, 0.25) is 5.91 Å². The predicted octanol–water partition coefficient (Wildman–Crippen LogP) is 4.97. The molecule has 4 rings (SSSR count). The second kappa shape index (κ2) is 11.0. The molecule has 7 heteroatoms. The maximum atomic E-state index is 14.2. The normalized spacial score (nSPS) is 21.7. The number of hydrogen-bond acceptors (Lipinski definition) is 5. The summed E-state index contributed by atoms with van der Waals surface area (Å²) >= 11 is 1.42. The number of aryl methyl sites for hydroxylation is 2. The Morgan fingerprint density at radius 3 is 2.31 bits per heavy atom. The minimum Gasteiger partial charge on any atom is -0.480 e. The van der Waals surface area contributed by atoms with E-state index >= 15 is 0 Å². The summed E-state index contributed by atoms with van der Waals surface area (Å²) in [6.45, 7) is 3.50. The van der Waals surface area contributed by atoms with Crippen molar-refractivity contribution in [2.75, 3.05) is 13.7 Å². The fourth-order valence-electron chi connectivity index (χ4n) is 5.10. The molecule has 1 aliphatic rings. The minimum absolute atomic E-state index is 0.174. The molecule has 1 N–H and O–H groups in total. The predicted molar refractivity (Wildman–Crippen MR) is 140 cm³/mol. The summed E-state index contributed by atoms with van der Waals surface area (Å²) in [6, 6.07) is 16.8. The first-order chi connectivity index (χ1) is 17.3. The van der Waals surface area contributed by atoms with Crippen molar-refractivity contribution in [3.63, 3.8) is 0 Å². The van der Waals surface area contributed by atoms with E-state index in [1.165, 1.54) is 23.3 Å². The Morgan fingerprint density at radius 2 is 1.69 bits per heavy atom. The van der Waals surface area contributed by atoms with Gasteiger partial charge in [0.05, 0.1) is 12.0 Å². The summed E-state index contributed by atoms with van der Waals surface area (Å²) in [5.74, 6) is -3.28. The molecule has 2 aromatic carbocycles. The average Bonchev–Trinajstić information content (AvgIpc) is 3.44. The SMILES string of the molecule is COCC(=O)N1C(C=Cc2ccccc2)C(C(=O)c2ccccc2C)C(c2sccc2C)C1C(=O)O. The van der Waals surface area contributed by atoms with E-state index in [0.717, 1.165) is 21.6 Å². The van der Waals surface area contributed by atoms with Crippen molar-refractivity contribution in [2.45, 2.75) is 31.8 Å². The first kappa shape index (κ1) is 25.5. The van der Waals surface area contributed by atoms with Crippen LogP contribution in [0.25, 0.3) is 6.08 Å². The van der Waals surface area contributed by atoms with Crippen LogP contribution >= 0.6 is 11.3 Å². The third kappa shape index (κ3) is 4.90. The number of likely N-dealkylation sites (tertiary alicyclic amines) is 1. The molecule has 0 spiro atoms. The molecule has 1 aromatic heterocycles. The fourth-order valence-corrected chi connectivity index (χ4v) is 6.20. The van der Waals surface area contributed by atoms with E-state index < -0.39 is 35.8 Å². The van der Waals surface area contributed by atoms with Crippen molar-refractivity contribution < 1.29 is 24.2 Å². The van der Waals surface area contributed by atoms with E-state index in [9.17, 15) is 19.5 Å². The number of carboxylic acids is 1. The van der Waals surface area contributed by atoms with Gasteiger partial charge in [0, 0.05) is 23.5 Å². The highest BCUT2D eigenvalue weighted by Crippen LogP contribution is 2.47. The van der Waals surface area contributed by atoms with Crippen molar-refractivity contribution in [2.24, 2.45) is 5.92 Å². The molecular formula is C29H29NO5S. The molecule has 1 amide bonds. The Labute approximate surface area is 214 Å². The maximum absolute atomic E-state index is 14.2. The van der Waals surface area contributed by atoms with Gasteiger partial charge in [-0.15, -0.1) is 11.3 Å². The van der Waals surface area contributed by atoms with Crippen molar-refractivity contribution in [3.8, 4) is 0 Å². The van der Waals surface area contributed by atoms with Crippen molar-refractivity contribution in [3.05, 3.63) is 99.3 Å². The zero-order valence-electron chi connectivity index (χ0n) is 20.5. The van der Waals surface area contributed by atoms with Gasteiger partial charge in [-0.05, 0) is 42.0 Å². The van der Waals surface area contributed by atoms with E-state index in [1.807, 2.05) is 73.8 Å². The van der Waals surface area contributed by atoms with Gasteiger partial charge in [0.15, 0.2) is 5.78 Å². The Balaban J connectivity index is 1.93. The minimum atomic E-state index is -1.21. The van der Waals surface area contributed by atoms with E-state index in [-0.39, 0.29) is 12.4 Å². The third-order valence-electron chi connectivity index (χ3n) is 6.73. The van der Waals surface area contributed by atoms with Gasteiger partial charge in [0.1, 0.15) is 12.6 Å². The molecule has 1 saturated heterocycles. The number of thiophene rings is 1. The zero-order valence-corrected chi connectivity index (χ0v) is 21.3. The number of rotatable bonds is 8. The summed E-state index contributed by atoms with van der Waals surface area (Å²) in [6.07, 6.45) is 3.64. The van der Waals surface area contributed by atoms with Crippen LogP contribution in [-0.4, -0.2) is 53.5 Å². The maximum Gasteiger partial charge on any atom is 0.327 e. The van der Waals surface area contributed by atoms with Gasteiger partial charge >= 0.3 is 5.97 Å². The molecule has 1 aliphatic heterocycles. The monoisotopic (exact) mass is 503 g/mol. The molecule has 0 bridgehead atoms. The summed E-state index contributed by atoms with van der Waals surface area (Å²) in [5.41, 5.74) is 3.14. The van der Waals surface area contributed by atoms with Crippen LogP contribution in [0.1, 0.15) is 37.8 Å². The molecule has 6 nitrogen and oxygen atoms in total. The molecule has 3 aromatic rings. The Kier molecular flexibility index (Phi) is 7.82. The zero-order chi connectivity index (χ0) is 25.8. The average molecular weight is 504 g/mol. The van der Waals surface area contributed by atoms with Crippen LogP contribution in [0.5, 0.6) is 0 Å². The lowest BCUT2D eigenvalue weighted by molar-refractivity contribution is -0.151. The number of nitrogens with zero attached hydrogens (tertiary/aromatic N) is 1. The molecule has 0 saturated carbocycles. The number of aliphatic carboxylic acids is 1. The van der Waals surface area contributed by atoms with Gasteiger partial charge in [-0.3, -0.25) is 9.59 Å². The summed E-state index contributed by atoms with van der Waals surface area (Å²) in [5, 5.41) is 12.3. The molecule has 4 unspecified atom stereocenters. The molecule has 36 heavy (non-hydrogen) atoms. The van der Waals surface area contributed by atoms with Crippen LogP contribution in [0.2, 0.25) is 0 Å². The number of methoxy groups -OCH3 is 1. The van der Waals surface area contributed by atoms with Gasteiger partial charge < -0.3 is 14.7 Å².